The summed E-state index contributed by atoms with van der Waals surface area (Å²) in [6, 6.07) is 6.15. The van der Waals surface area contributed by atoms with Crippen molar-refractivity contribution in [3.63, 3.8) is 0 Å². The fraction of sp³-hybridized carbons (Fsp3) is 0.650. The molecule has 1 aromatic carbocycles. The number of piperazine rings is 1. The van der Waals surface area contributed by atoms with Gasteiger partial charge in [-0.1, -0.05) is 0 Å². The van der Waals surface area contributed by atoms with Crippen molar-refractivity contribution in [2.45, 2.75) is 19.4 Å². The number of nitrogens with zero attached hydrogens (tertiary/aromatic N) is 1. The summed E-state index contributed by atoms with van der Waals surface area (Å²) >= 11 is 0. The van der Waals surface area contributed by atoms with Gasteiger partial charge in [0.25, 0.3) is 0 Å². The van der Waals surface area contributed by atoms with Crippen LogP contribution >= 0.6 is 0 Å². The van der Waals surface area contributed by atoms with Crippen molar-refractivity contribution in [2.24, 2.45) is 5.92 Å². The van der Waals surface area contributed by atoms with Gasteiger partial charge in [-0.15, -0.1) is 0 Å². The maximum absolute atomic E-state index is 12.8. The lowest BCUT2D eigenvalue weighted by atomic mass is 9.94. The number of hydrogen-bond donors (Lipinski definition) is 2. The van der Waals surface area contributed by atoms with Crippen LogP contribution in [-0.4, -0.2) is 71.3 Å². The summed E-state index contributed by atoms with van der Waals surface area (Å²) in [6.07, 6.45) is 2.00. The van der Waals surface area contributed by atoms with E-state index in [0.717, 1.165) is 70.2 Å². The van der Waals surface area contributed by atoms with Gasteiger partial charge in [0.1, 0.15) is 6.54 Å². The number of quaternary nitrogens is 2. The van der Waals surface area contributed by atoms with E-state index in [1.165, 1.54) is 10.5 Å². The minimum Gasteiger partial charge on any atom is -0.493 e. The Bertz CT molecular complexity index is 606. The van der Waals surface area contributed by atoms with Crippen molar-refractivity contribution in [2.75, 3.05) is 60.5 Å². The van der Waals surface area contributed by atoms with Gasteiger partial charge in [-0.3, -0.25) is 4.79 Å². The number of likely N-dealkylation sites (N-methyl/N-ethyl adjacent to an activating group) is 1. The van der Waals surface area contributed by atoms with Crippen molar-refractivity contribution in [3.8, 4) is 11.5 Å². The Morgan fingerprint density at radius 2 is 1.73 bits per heavy atom. The Kier molecular flexibility index (Phi) is 6.38. The monoisotopic (exact) mass is 363 g/mol. The lowest BCUT2D eigenvalue weighted by Gasteiger charge is -2.35. The van der Waals surface area contributed by atoms with E-state index >= 15 is 0 Å². The van der Waals surface area contributed by atoms with Crippen LogP contribution in [0, 0.1) is 5.92 Å². The molecule has 0 aromatic heterocycles. The zero-order valence-electron chi connectivity index (χ0n) is 16.3. The van der Waals surface area contributed by atoms with Crippen LogP contribution in [0.4, 0.5) is 0 Å². The number of methoxy groups -OCH3 is 2. The molecule has 0 aliphatic carbocycles. The molecular formula is C20H33N3O3+2. The van der Waals surface area contributed by atoms with E-state index in [-0.39, 0.29) is 5.92 Å². The van der Waals surface area contributed by atoms with Gasteiger partial charge in [0, 0.05) is 24.3 Å². The Balaban J connectivity index is 1.50. The predicted octanol–water partition coefficient (Wildman–Crippen LogP) is -1.14. The molecule has 1 amide bonds. The van der Waals surface area contributed by atoms with Crippen molar-refractivity contribution < 1.29 is 24.1 Å². The number of likely N-dealkylation sites (tertiary alicyclic amines) is 1. The summed E-state index contributed by atoms with van der Waals surface area (Å²) in [5.74, 6) is 2.17. The molecule has 0 saturated carbocycles. The lowest BCUT2D eigenvalue weighted by Crippen LogP contribution is -3.12. The number of ether oxygens (including phenoxy) is 2. The predicted molar refractivity (Wildman–Crippen MR) is 99.9 cm³/mol. The molecule has 3 rings (SSSR count). The van der Waals surface area contributed by atoms with Crippen LogP contribution in [0.2, 0.25) is 0 Å². The topological polar surface area (TPSA) is 47.7 Å². The minimum atomic E-state index is 0.225. The highest BCUT2D eigenvalue weighted by molar-refractivity contribution is 5.79. The number of nitrogens with one attached hydrogen (secondary N) is 2. The number of rotatable bonds is 5. The van der Waals surface area contributed by atoms with Crippen molar-refractivity contribution >= 4 is 5.91 Å². The summed E-state index contributed by atoms with van der Waals surface area (Å²) in [4.78, 5) is 17.9. The van der Waals surface area contributed by atoms with Crippen LogP contribution in [-0.2, 0) is 11.3 Å². The number of carbonyl (C=O) groups is 1. The number of hydrogen-bond acceptors (Lipinski definition) is 3. The molecule has 26 heavy (non-hydrogen) atoms. The first-order valence-electron chi connectivity index (χ1n) is 9.75. The fourth-order valence-electron chi connectivity index (χ4n) is 4.10. The highest BCUT2D eigenvalue weighted by Gasteiger charge is 2.32. The molecule has 0 atom stereocenters. The molecule has 0 radical (unpaired) electrons. The smallest absolute Gasteiger partial charge is 0.226 e. The standard InChI is InChI=1S/C20H31N3O3/c1-21-10-12-23(13-11-21)20(24)17-6-8-22(9-7-17)15-16-4-5-18(25-2)19(14-16)26-3/h4-5,14,17H,6-13,15H2,1-3H3/p+2. The average molecular weight is 364 g/mol. The average Bonchev–Trinajstić information content (AvgIpc) is 2.68. The van der Waals surface area contributed by atoms with Crippen molar-refractivity contribution in [1.29, 1.82) is 0 Å². The normalized spacial score (nSPS) is 24.3. The van der Waals surface area contributed by atoms with Crippen LogP contribution < -0.4 is 19.3 Å². The second-order valence-corrected chi connectivity index (χ2v) is 7.67. The molecule has 2 aliphatic rings. The van der Waals surface area contributed by atoms with Crippen LogP contribution in [0.25, 0.3) is 0 Å². The number of piperidine rings is 1. The fourth-order valence-corrected chi connectivity index (χ4v) is 4.10. The van der Waals surface area contributed by atoms with E-state index in [4.69, 9.17) is 9.47 Å². The molecule has 0 bridgehead atoms. The zero-order chi connectivity index (χ0) is 18.5. The first-order chi connectivity index (χ1) is 12.6. The Hall–Kier alpha value is -1.79. The molecular weight excluding hydrogens is 330 g/mol. The van der Waals surface area contributed by atoms with Crippen LogP contribution in [0.3, 0.4) is 0 Å². The van der Waals surface area contributed by atoms with Gasteiger partial charge in [0.15, 0.2) is 11.5 Å². The summed E-state index contributed by atoms with van der Waals surface area (Å²) in [5, 5.41) is 0. The maximum atomic E-state index is 12.8. The van der Waals surface area contributed by atoms with Gasteiger partial charge in [-0.05, 0) is 18.2 Å². The van der Waals surface area contributed by atoms with E-state index in [1.54, 1.807) is 19.1 Å². The number of benzene rings is 1. The molecule has 6 nitrogen and oxygen atoms in total. The first-order valence-corrected chi connectivity index (χ1v) is 9.75. The minimum absolute atomic E-state index is 0.225. The Morgan fingerprint density at radius 3 is 2.35 bits per heavy atom. The summed E-state index contributed by atoms with van der Waals surface area (Å²) in [7, 11) is 5.54. The third-order valence-corrected chi connectivity index (χ3v) is 5.87. The second kappa shape index (κ2) is 8.73. The summed E-state index contributed by atoms with van der Waals surface area (Å²) in [5.41, 5.74) is 1.25. The highest BCUT2D eigenvalue weighted by atomic mass is 16.5. The molecule has 2 aliphatic heterocycles. The first kappa shape index (κ1) is 19.0. The summed E-state index contributed by atoms with van der Waals surface area (Å²) < 4.78 is 10.7. The van der Waals surface area contributed by atoms with Gasteiger partial charge in [0.2, 0.25) is 5.91 Å². The number of carbonyl (C=O) groups excluding carboxylic acids is 1. The Labute approximate surface area is 156 Å². The molecule has 2 N–H and O–H groups in total. The largest absolute Gasteiger partial charge is 0.493 e. The van der Waals surface area contributed by atoms with E-state index < -0.39 is 0 Å². The van der Waals surface area contributed by atoms with E-state index in [0.29, 0.717) is 5.91 Å². The molecule has 0 spiro atoms. The Morgan fingerprint density at radius 1 is 1.08 bits per heavy atom. The highest BCUT2D eigenvalue weighted by Crippen LogP contribution is 2.27. The quantitative estimate of drug-likeness (QED) is 0.695. The lowest BCUT2D eigenvalue weighted by molar-refractivity contribution is -0.919. The molecule has 0 unspecified atom stereocenters. The van der Waals surface area contributed by atoms with Gasteiger partial charge >= 0.3 is 0 Å². The second-order valence-electron chi connectivity index (χ2n) is 7.67. The molecule has 144 valence electrons. The molecule has 6 heteroatoms. The van der Waals surface area contributed by atoms with E-state index in [1.807, 2.05) is 6.07 Å². The molecule has 2 heterocycles. The van der Waals surface area contributed by atoms with Crippen molar-refractivity contribution in [1.82, 2.24) is 4.90 Å². The summed E-state index contributed by atoms with van der Waals surface area (Å²) in [6.45, 7) is 7.09. The third-order valence-electron chi connectivity index (χ3n) is 5.87. The van der Waals surface area contributed by atoms with Gasteiger partial charge in [0.05, 0.1) is 60.5 Å². The SMILES string of the molecule is COc1ccc(C[NH+]2CCC(C(=O)N3CC[NH+](C)CC3)CC2)cc1OC. The third kappa shape index (κ3) is 4.48. The maximum Gasteiger partial charge on any atom is 0.226 e. The molecule has 1 aromatic rings. The van der Waals surface area contributed by atoms with Gasteiger partial charge in [-0.25, -0.2) is 0 Å². The van der Waals surface area contributed by atoms with E-state index in [2.05, 4.69) is 24.1 Å². The van der Waals surface area contributed by atoms with Crippen LogP contribution in [0.5, 0.6) is 11.5 Å². The van der Waals surface area contributed by atoms with Crippen LogP contribution in [0.15, 0.2) is 18.2 Å². The van der Waals surface area contributed by atoms with Gasteiger partial charge < -0.3 is 24.2 Å². The van der Waals surface area contributed by atoms with Crippen LogP contribution in [0.1, 0.15) is 18.4 Å². The molecule has 2 saturated heterocycles. The van der Waals surface area contributed by atoms with Gasteiger partial charge in [-0.2, -0.15) is 0 Å². The zero-order valence-corrected chi connectivity index (χ0v) is 16.3. The molecule has 2 fully saturated rings. The number of amides is 1. The van der Waals surface area contributed by atoms with E-state index in [9.17, 15) is 4.79 Å². The van der Waals surface area contributed by atoms with Crippen molar-refractivity contribution in [3.05, 3.63) is 23.8 Å².